The van der Waals surface area contributed by atoms with Crippen molar-refractivity contribution in [3.8, 4) is 5.75 Å². The van der Waals surface area contributed by atoms with Crippen molar-refractivity contribution >= 4 is 17.5 Å². The van der Waals surface area contributed by atoms with Gasteiger partial charge in [0.25, 0.3) is 5.91 Å². The summed E-state index contributed by atoms with van der Waals surface area (Å²) in [5, 5.41) is 0. The Morgan fingerprint density at radius 2 is 2.12 bits per heavy atom. The van der Waals surface area contributed by atoms with E-state index in [9.17, 15) is 9.59 Å². The van der Waals surface area contributed by atoms with Crippen molar-refractivity contribution in [3.63, 3.8) is 0 Å². The van der Waals surface area contributed by atoms with Crippen LogP contribution in [0.3, 0.4) is 0 Å². The SMILES string of the molecule is COc1ccc(C(=O)NOCC(N)=O)c(N)c1. The van der Waals surface area contributed by atoms with Gasteiger partial charge in [-0.15, -0.1) is 0 Å². The molecule has 0 saturated heterocycles. The molecule has 1 aromatic carbocycles. The average Bonchev–Trinajstić information content (AvgIpc) is 2.28. The molecule has 0 atom stereocenters. The predicted molar refractivity (Wildman–Crippen MR) is 60.0 cm³/mol. The Morgan fingerprint density at radius 3 is 2.65 bits per heavy atom. The molecule has 0 saturated carbocycles. The number of nitrogens with two attached hydrogens (primary N) is 2. The van der Waals surface area contributed by atoms with E-state index >= 15 is 0 Å². The molecular weight excluding hydrogens is 226 g/mol. The van der Waals surface area contributed by atoms with E-state index in [0.29, 0.717) is 5.75 Å². The minimum Gasteiger partial charge on any atom is -0.497 e. The third kappa shape index (κ3) is 3.65. The van der Waals surface area contributed by atoms with Gasteiger partial charge >= 0.3 is 0 Å². The fourth-order valence-corrected chi connectivity index (χ4v) is 1.10. The smallest absolute Gasteiger partial charge is 0.276 e. The molecule has 1 rings (SSSR count). The average molecular weight is 239 g/mol. The van der Waals surface area contributed by atoms with Crippen LogP contribution in [0.25, 0.3) is 0 Å². The summed E-state index contributed by atoms with van der Waals surface area (Å²) in [7, 11) is 1.49. The number of rotatable bonds is 5. The quantitative estimate of drug-likeness (QED) is 0.469. The van der Waals surface area contributed by atoms with E-state index in [2.05, 4.69) is 4.84 Å². The van der Waals surface area contributed by atoms with Crippen molar-refractivity contribution in [2.75, 3.05) is 19.5 Å². The number of hydrogen-bond acceptors (Lipinski definition) is 5. The highest BCUT2D eigenvalue weighted by Crippen LogP contribution is 2.19. The number of hydrogen-bond donors (Lipinski definition) is 3. The van der Waals surface area contributed by atoms with E-state index in [1.54, 1.807) is 6.07 Å². The first-order valence-electron chi connectivity index (χ1n) is 4.68. The van der Waals surface area contributed by atoms with Crippen molar-refractivity contribution in [3.05, 3.63) is 23.8 Å². The molecule has 0 heterocycles. The van der Waals surface area contributed by atoms with Crippen LogP contribution >= 0.6 is 0 Å². The van der Waals surface area contributed by atoms with Crippen LogP contribution in [0.4, 0.5) is 5.69 Å². The molecular formula is C10H13N3O4. The van der Waals surface area contributed by atoms with Gasteiger partial charge in [0.2, 0.25) is 5.91 Å². The van der Waals surface area contributed by atoms with Crippen molar-refractivity contribution in [2.45, 2.75) is 0 Å². The second-order valence-electron chi connectivity index (χ2n) is 3.14. The zero-order valence-electron chi connectivity index (χ0n) is 9.23. The monoisotopic (exact) mass is 239 g/mol. The summed E-state index contributed by atoms with van der Waals surface area (Å²) in [5.74, 6) is -0.712. The van der Waals surface area contributed by atoms with E-state index in [4.69, 9.17) is 16.2 Å². The highest BCUT2D eigenvalue weighted by atomic mass is 16.7. The van der Waals surface area contributed by atoms with Gasteiger partial charge in [0, 0.05) is 11.8 Å². The Bertz CT molecular complexity index is 434. The summed E-state index contributed by atoms with van der Waals surface area (Å²) >= 11 is 0. The first-order valence-corrected chi connectivity index (χ1v) is 4.68. The lowest BCUT2D eigenvalue weighted by Crippen LogP contribution is -2.29. The molecule has 0 aliphatic heterocycles. The number of hydroxylamine groups is 1. The highest BCUT2D eigenvalue weighted by Gasteiger charge is 2.10. The van der Waals surface area contributed by atoms with Crippen molar-refractivity contribution in [1.29, 1.82) is 0 Å². The van der Waals surface area contributed by atoms with Gasteiger partial charge in [-0.2, -0.15) is 0 Å². The zero-order valence-corrected chi connectivity index (χ0v) is 9.23. The standard InChI is InChI=1S/C10H13N3O4/c1-16-6-2-3-7(8(11)4-6)10(15)13-17-5-9(12)14/h2-4H,5,11H2,1H3,(H2,12,14)(H,13,15). The van der Waals surface area contributed by atoms with Gasteiger partial charge in [0.15, 0.2) is 6.61 Å². The first kappa shape index (κ1) is 12.8. The number of amides is 2. The number of benzene rings is 1. The molecule has 0 fully saturated rings. The molecule has 7 nitrogen and oxygen atoms in total. The summed E-state index contributed by atoms with van der Waals surface area (Å²) in [6, 6.07) is 4.57. The van der Waals surface area contributed by atoms with E-state index in [0.717, 1.165) is 0 Å². The van der Waals surface area contributed by atoms with E-state index in [1.807, 2.05) is 5.48 Å². The second-order valence-corrected chi connectivity index (χ2v) is 3.14. The van der Waals surface area contributed by atoms with Gasteiger partial charge in [-0.25, -0.2) is 5.48 Å². The minimum absolute atomic E-state index is 0.218. The maximum atomic E-state index is 11.5. The molecule has 0 aliphatic rings. The molecule has 0 aliphatic carbocycles. The fourth-order valence-electron chi connectivity index (χ4n) is 1.10. The maximum Gasteiger partial charge on any atom is 0.276 e. The van der Waals surface area contributed by atoms with Crippen LogP contribution < -0.4 is 21.7 Å². The maximum absolute atomic E-state index is 11.5. The lowest BCUT2D eigenvalue weighted by molar-refractivity contribution is -0.124. The number of nitrogen functional groups attached to an aromatic ring is 1. The molecule has 17 heavy (non-hydrogen) atoms. The molecule has 7 heteroatoms. The number of methoxy groups -OCH3 is 1. The van der Waals surface area contributed by atoms with Gasteiger partial charge in [0.1, 0.15) is 5.75 Å². The Kier molecular flexibility index (Phi) is 4.29. The summed E-state index contributed by atoms with van der Waals surface area (Å²) in [5.41, 5.74) is 13.0. The van der Waals surface area contributed by atoms with Gasteiger partial charge in [0.05, 0.1) is 12.7 Å². The molecule has 0 aromatic heterocycles. The lowest BCUT2D eigenvalue weighted by atomic mass is 10.1. The molecule has 92 valence electrons. The van der Waals surface area contributed by atoms with Crippen LogP contribution in [0.5, 0.6) is 5.75 Å². The predicted octanol–water partition coefficient (Wildman–Crippen LogP) is -0.576. The van der Waals surface area contributed by atoms with Crippen molar-refractivity contribution < 1.29 is 19.2 Å². The van der Waals surface area contributed by atoms with Gasteiger partial charge in [-0.3, -0.25) is 14.4 Å². The zero-order chi connectivity index (χ0) is 12.8. The molecule has 0 unspecified atom stereocenters. The van der Waals surface area contributed by atoms with Crippen molar-refractivity contribution in [1.82, 2.24) is 5.48 Å². The molecule has 0 spiro atoms. The Labute approximate surface area is 97.6 Å². The van der Waals surface area contributed by atoms with Gasteiger partial charge in [-0.05, 0) is 12.1 Å². The van der Waals surface area contributed by atoms with E-state index < -0.39 is 18.4 Å². The second kappa shape index (κ2) is 5.71. The third-order valence-corrected chi connectivity index (χ3v) is 1.88. The third-order valence-electron chi connectivity index (χ3n) is 1.88. The molecule has 0 radical (unpaired) electrons. The number of carbonyl (C=O) groups is 2. The van der Waals surface area contributed by atoms with Crippen LogP contribution in [-0.2, 0) is 9.63 Å². The summed E-state index contributed by atoms with van der Waals surface area (Å²) in [6.07, 6.45) is 0. The number of primary amides is 1. The van der Waals surface area contributed by atoms with Crippen LogP contribution in [0.15, 0.2) is 18.2 Å². The number of anilines is 1. The Balaban J connectivity index is 2.66. The molecule has 5 N–H and O–H groups in total. The molecule has 2 amide bonds. The van der Waals surface area contributed by atoms with Crippen LogP contribution in [0.2, 0.25) is 0 Å². The van der Waals surface area contributed by atoms with Gasteiger partial charge in [-0.1, -0.05) is 0 Å². The highest BCUT2D eigenvalue weighted by molar-refractivity contribution is 5.98. The fraction of sp³-hybridized carbons (Fsp3) is 0.200. The first-order chi connectivity index (χ1) is 8.04. The number of carbonyl (C=O) groups excluding carboxylic acids is 2. The topological polar surface area (TPSA) is 117 Å². The Hall–Kier alpha value is -2.28. The number of ether oxygens (including phenoxy) is 1. The van der Waals surface area contributed by atoms with E-state index in [1.165, 1.54) is 19.2 Å². The summed E-state index contributed by atoms with van der Waals surface area (Å²) in [4.78, 5) is 26.5. The van der Waals surface area contributed by atoms with Crippen LogP contribution in [0, 0.1) is 0 Å². The Morgan fingerprint density at radius 1 is 1.41 bits per heavy atom. The minimum atomic E-state index is -0.687. The number of nitrogens with one attached hydrogen (secondary N) is 1. The molecule has 1 aromatic rings. The normalized spacial score (nSPS) is 9.71. The van der Waals surface area contributed by atoms with Crippen molar-refractivity contribution in [2.24, 2.45) is 5.73 Å². The summed E-state index contributed by atoms with van der Waals surface area (Å²) in [6.45, 7) is -0.401. The molecule has 0 bridgehead atoms. The van der Waals surface area contributed by atoms with Crippen LogP contribution in [-0.4, -0.2) is 25.5 Å². The lowest BCUT2D eigenvalue weighted by Gasteiger charge is -2.08. The largest absolute Gasteiger partial charge is 0.497 e. The summed E-state index contributed by atoms with van der Waals surface area (Å²) < 4.78 is 4.94. The van der Waals surface area contributed by atoms with Crippen LogP contribution in [0.1, 0.15) is 10.4 Å². The van der Waals surface area contributed by atoms with Gasteiger partial charge < -0.3 is 16.2 Å². The van der Waals surface area contributed by atoms with E-state index in [-0.39, 0.29) is 11.3 Å².